The lowest BCUT2D eigenvalue weighted by Crippen LogP contribution is -2.38. The average molecular weight is 346 g/mol. The van der Waals surface area contributed by atoms with E-state index in [9.17, 15) is 4.39 Å². The molecule has 1 fully saturated rings. The second kappa shape index (κ2) is 6.42. The maximum Gasteiger partial charge on any atom is 0.207 e. The lowest BCUT2D eigenvalue weighted by Gasteiger charge is -2.28. The van der Waals surface area contributed by atoms with Crippen LogP contribution >= 0.6 is 11.6 Å². The van der Waals surface area contributed by atoms with Crippen LogP contribution in [0.25, 0.3) is 11.0 Å². The molecule has 0 bridgehead atoms. The van der Waals surface area contributed by atoms with Crippen molar-refractivity contribution in [3.8, 4) is 0 Å². The van der Waals surface area contributed by atoms with Crippen molar-refractivity contribution < 1.29 is 9.13 Å². The fraction of sp³-hybridized carbons (Fsp3) is 0.278. The van der Waals surface area contributed by atoms with Gasteiger partial charge in [-0.15, -0.1) is 0 Å². The summed E-state index contributed by atoms with van der Waals surface area (Å²) in [7, 11) is 0. The Morgan fingerprint density at radius 3 is 2.71 bits per heavy atom. The van der Waals surface area contributed by atoms with E-state index in [1.54, 1.807) is 12.1 Å². The van der Waals surface area contributed by atoms with E-state index in [0.29, 0.717) is 19.8 Å². The van der Waals surface area contributed by atoms with Gasteiger partial charge in [-0.25, -0.2) is 9.37 Å². The second-order valence-electron chi connectivity index (χ2n) is 5.83. The smallest absolute Gasteiger partial charge is 0.207 e. The first-order valence-electron chi connectivity index (χ1n) is 7.94. The molecule has 1 aliphatic rings. The van der Waals surface area contributed by atoms with Gasteiger partial charge in [0.1, 0.15) is 5.82 Å². The van der Waals surface area contributed by atoms with Crippen molar-refractivity contribution in [2.75, 3.05) is 31.2 Å². The van der Waals surface area contributed by atoms with E-state index in [2.05, 4.69) is 15.5 Å². The van der Waals surface area contributed by atoms with Gasteiger partial charge in [-0.1, -0.05) is 29.8 Å². The lowest BCUT2D eigenvalue weighted by atomic mass is 10.2. The molecule has 0 radical (unpaired) electrons. The number of anilines is 1. The summed E-state index contributed by atoms with van der Waals surface area (Å²) in [6.45, 7) is 3.62. The minimum Gasteiger partial charge on any atom is -0.378 e. The number of halogens is 2. The van der Waals surface area contributed by atoms with Crippen LogP contribution in [0.4, 0.5) is 10.3 Å². The van der Waals surface area contributed by atoms with Gasteiger partial charge in [0.05, 0.1) is 35.8 Å². The third-order valence-electron chi connectivity index (χ3n) is 4.25. The van der Waals surface area contributed by atoms with Gasteiger partial charge in [0, 0.05) is 13.1 Å². The Balaban J connectivity index is 1.78. The van der Waals surface area contributed by atoms with Crippen LogP contribution < -0.4 is 4.90 Å². The Labute approximate surface area is 144 Å². The van der Waals surface area contributed by atoms with Gasteiger partial charge >= 0.3 is 0 Å². The predicted molar refractivity (Wildman–Crippen MR) is 93.3 cm³/mol. The maximum absolute atomic E-state index is 13.4. The molecule has 1 aliphatic heterocycles. The highest BCUT2D eigenvalue weighted by atomic mass is 35.5. The summed E-state index contributed by atoms with van der Waals surface area (Å²) in [5.74, 6) is 0.518. The van der Waals surface area contributed by atoms with E-state index >= 15 is 0 Å². The fourth-order valence-corrected chi connectivity index (χ4v) is 3.25. The molecule has 4 nitrogen and oxygen atoms in total. The molecule has 24 heavy (non-hydrogen) atoms. The van der Waals surface area contributed by atoms with Gasteiger partial charge in [-0.05, 0) is 29.8 Å². The Morgan fingerprint density at radius 1 is 1.12 bits per heavy atom. The van der Waals surface area contributed by atoms with Gasteiger partial charge in [0.2, 0.25) is 5.95 Å². The van der Waals surface area contributed by atoms with Crippen LogP contribution in [0.5, 0.6) is 0 Å². The number of nitrogens with zero attached hydrogens (tertiary/aromatic N) is 3. The van der Waals surface area contributed by atoms with Crippen LogP contribution in [-0.4, -0.2) is 35.9 Å². The van der Waals surface area contributed by atoms with Crippen molar-refractivity contribution in [1.82, 2.24) is 9.55 Å². The molecule has 0 unspecified atom stereocenters. The first kappa shape index (κ1) is 15.4. The third-order valence-corrected chi connectivity index (χ3v) is 4.54. The number of rotatable bonds is 3. The van der Waals surface area contributed by atoms with E-state index in [0.717, 1.165) is 35.6 Å². The Morgan fingerprint density at radius 2 is 1.92 bits per heavy atom. The topological polar surface area (TPSA) is 30.3 Å². The molecule has 0 atom stereocenters. The van der Waals surface area contributed by atoms with E-state index in [-0.39, 0.29) is 5.02 Å². The van der Waals surface area contributed by atoms with E-state index in [4.69, 9.17) is 21.3 Å². The first-order valence-corrected chi connectivity index (χ1v) is 8.32. The molecule has 1 saturated heterocycles. The largest absolute Gasteiger partial charge is 0.378 e. The van der Waals surface area contributed by atoms with Gasteiger partial charge in [-0.3, -0.25) is 0 Å². The highest BCUT2D eigenvalue weighted by Gasteiger charge is 2.19. The number of para-hydroxylation sites is 2. The number of morpholine rings is 1. The molecule has 4 rings (SSSR count). The minimum atomic E-state index is -0.399. The Hall–Kier alpha value is -2.11. The number of imidazole rings is 1. The standard InChI is InChI=1S/C18H17ClFN3O/c19-14-11-13(5-6-15(14)20)12-23-17-4-2-1-3-16(17)21-18(23)22-7-9-24-10-8-22/h1-6,11H,7-10,12H2. The van der Waals surface area contributed by atoms with Crippen LogP contribution in [0.2, 0.25) is 5.02 Å². The van der Waals surface area contributed by atoms with Crippen molar-refractivity contribution in [1.29, 1.82) is 0 Å². The zero-order valence-electron chi connectivity index (χ0n) is 13.1. The molecular formula is C18H17ClFN3O. The Kier molecular flexibility index (Phi) is 4.12. The van der Waals surface area contributed by atoms with Gasteiger partial charge < -0.3 is 14.2 Å². The van der Waals surface area contributed by atoms with Gasteiger partial charge in [-0.2, -0.15) is 0 Å². The van der Waals surface area contributed by atoms with Crippen LogP contribution in [0.1, 0.15) is 5.56 Å². The summed E-state index contributed by atoms with van der Waals surface area (Å²) in [5, 5.41) is 0.143. The number of aromatic nitrogens is 2. The van der Waals surface area contributed by atoms with Crippen molar-refractivity contribution in [3.63, 3.8) is 0 Å². The molecule has 6 heteroatoms. The van der Waals surface area contributed by atoms with Gasteiger partial charge in [0.25, 0.3) is 0 Å². The summed E-state index contributed by atoms with van der Waals surface area (Å²) >= 11 is 5.93. The zero-order chi connectivity index (χ0) is 16.5. The quantitative estimate of drug-likeness (QED) is 0.725. The zero-order valence-corrected chi connectivity index (χ0v) is 13.8. The number of hydrogen-bond acceptors (Lipinski definition) is 3. The van der Waals surface area contributed by atoms with E-state index in [1.807, 2.05) is 18.2 Å². The van der Waals surface area contributed by atoms with Crippen LogP contribution in [-0.2, 0) is 11.3 Å². The van der Waals surface area contributed by atoms with Crippen LogP contribution in [0, 0.1) is 5.82 Å². The van der Waals surface area contributed by atoms with Gasteiger partial charge in [0.15, 0.2) is 0 Å². The lowest BCUT2D eigenvalue weighted by molar-refractivity contribution is 0.121. The highest BCUT2D eigenvalue weighted by molar-refractivity contribution is 6.30. The normalized spacial score (nSPS) is 15.2. The van der Waals surface area contributed by atoms with Crippen molar-refractivity contribution >= 4 is 28.6 Å². The van der Waals surface area contributed by atoms with Crippen molar-refractivity contribution in [3.05, 3.63) is 58.9 Å². The summed E-state index contributed by atoms with van der Waals surface area (Å²) in [6, 6.07) is 12.9. The first-order chi connectivity index (χ1) is 11.7. The molecule has 0 saturated carbocycles. The van der Waals surface area contributed by atoms with E-state index in [1.165, 1.54) is 6.07 Å². The predicted octanol–water partition coefficient (Wildman–Crippen LogP) is 3.71. The summed E-state index contributed by atoms with van der Waals surface area (Å²) in [6.07, 6.45) is 0. The SMILES string of the molecule is Fc1ccc(Cn2c(N3CCOCC3)nc3ccccc32)cc1Cl. The molecule has 0 N–H and O–H groups in total. The molecule has 1 aromatic heterocycles. The summed E-state index contributed by atoms with van der Waals surface area (Å²) in [5.41, 5.74) is 2.95. The Bertz CT molecular complexity index is 874. The average Bonchev–Trinajstić information content (AvgIpc) is 2.98. The molecule has 2 heterocycles. The molecule has 2 aromatic carbocycles. The summed E-state index contributed by atoms with van der Waals surface area (Å²) in [4.78, 5) is 7.03. The third kappa shape index (κ3) is 2.85. The van der Waals surface area contributed by atoms with Crippen molar-refractivity contribution in [2.45, 2.75) is 6.54 Å². The highest BCUT2D eigenvalue weighted by Crippen LogP contribution is 2.26. The molecule has 0 aliphatic carbocycles. The number of fused-ring (bicyclic) bond motifs is 1. The van der Waals surface area contributed by atoms with E-state index < -0.39 is 5.82 Å². The minimum absolute atomic E-state index is 0.143. The molecule has 124 valence electrons. The number of hydrogen-bond donors (Lipinski definition) is 0. The maximum atomic E-state index is 13.4. The number of benzene rings is 2. The molecule has 3 aromatic rings. The van der Waals surface area contributed by atoms with Crippen molar-refractivity contribution in [2.24, 2.45) is 0 Å². The van der Waals surface area contributed by atoms with Crippen LogP contribution in [0.3, 0.4) is 0 Å². The van der Waals surface area contributed by atoms with Crippen LogP contribution in [0.15, 0.2) is 42.5 Å². The fourth-order valence-electron chi connectivity index (χ4n) is 3.04. The monoisotopic (exact) mass is 345 g/mol. The molecular weight excluding hydrogens is 329 g/mol. The number of ether oxygens (including phenoxy) is 1. The molecule has 0 spiro atoms. The molecule has 0 amide bonds. The summed E-state index contributed by atoms with van der Waals surface area (Å²) < 4.78 is 21.0. The second-order valence-corrected chi connectivity index (χ2v) is 6.24.